The molecule has 1 atom stereocenters. The van der Waals surface area contributed by atoms with E-state index >= 15 is 0 Å². The topological polar surface area (TPSA) is 53.2 Å². The Balaban J connectivity index is 1.97. The van der Waals surface area contributed by atoms with Crippen LogP contribution < -0.4 is 16.0 Å². The Hall–Kier alpha value is -1.55. The van der Waals surface area contributed by atoms with Crippen molar-refractivity contribution in [1.29, 1.82) is 0 Å². The molecule has 0 aliphatic heterocycles. The van der Waals surface area contributed by atoms with Crippen molar-refractivity contribution in [2.24, 2.45) is 0 Å². The van der Waals surface area contributed by atoms with E-state index < -0.39 is 0 Å². The third-order valence-corrected chi connectivity index (χ3v) is 3.82. The molecular weight excluding hydrogens is 250 g/mol. The molecule has 0 aromatic heterocycles. The first-order valence-electron chi connectivity index (χ1n) is 7.60. The number of hydrogen-bond acceptors (Lipinski definition) is 2. The lowest BCUT2D eigenvalue weighted by Crippen LogP contribution is -2.42. The number of nitrogens with one attached hydrogen (secondary N) is 3. The van der Waals surface area contributed by atoms with E-state index in [9.17, 15) is 4.79 Å². The maximum absolute atomic E-state index is 12.0. The van der Waals surface area contributed by atoms with E-state index in [0.717, 1.165) is 37.1 Å². The van der Waals surface area contributed by atoms with Gasteiger partial charge in [-0.1, -0.05) is 25.1 Å². The number of benzene rings is 1. The summed E-state index contributed by atoms with van der Waals surface area (Å²) in [4.78, 5) is 12.0. The summed E-state index contributed by atoms with van der Waals surface area (Å²) in [5.41, 5.74) is 2.02. The van der Waals surface area contributed by atoms with E-state index in [-0.39, 0.29) is 12.1 Å². The fraction of sp³-hybridized carbons (Fsp3) is 0.562. The highest BCUT2D eigenvalue weighted by molar-refractivity contribution is 5.90. The Morgan fingerprint density at radius 3 is 2.75 bits per heavy atom. The van der Waals surface area contributed by atoms with E-state index in [0.29, 0.717) is 6.04 Å². The Morgan fingerprint density at radius 1 is 1.35 bits per heavy atom. The molecule has 0 bridgehead atoms. The molecular formula is C16H25N3O. The lowest BCUT2D eigenvalue weighted by molar-refractivity contribution is 0.240. The van der Waals surface area contributed by atoms with Crippen LogP contribution in [0.5, 0.6) is 0 Å². The van der Waals surface area contributed by atoms with Crippen LogP contribution in [-0.4, -0.2) is 18.6 Å². The normalized spacial score (nSPS) is 16.3. The van der Waals surface area contributed by atoms with E-state index in [1.54, 1.807) is 0 Å². The van der Waals surface area contributed by atoms with Gasteiger partial charge in [-0.25, -0.2) is 4.79 Å². The Labute approximate surface area is 121 Å². The Morgan fingerprint density at radius 2 is 2.10 bits per heavy atom. The molecule has 1 fully saturated rings. The average Bonchev–Trinajstić information content (AvgIpc) is 2.41. The van der Waals surface area contributed by atoms with Gasteiger partial charge in [-0.15, -0.1) is 0 Å². The van der Waals surface area contributed by atoms with Crippen LogP contribution in [0.4, 0.5) is 10.5 Å². The summed E-state index contributed by atoms with van der Waals surface area (Å²) in [6, 6.07) is 8.48. The zero-order chi connectivity index (χ0) is 14.4. The molecule has 1 saturated carbocycles. The number of carbonyl (C=O) groups excluding carboxylic acids is 1. The minimum Gasteiger partial charge on any atom is -0.335 e. The van der Waals surface area contributed by atoms with Crippen molar-refractivity contribution in [1.82, 2.24) is 10.6 Å². The van der Waals surface area contributed by atoms with Crippen molar-refractivity contribution in [3.8, 4) is 0 Å². The highest BCUT2D eigenvalue weighted by atomic mass is 16.2. The third kappa shape index (κ3) is 3.97. The zero-order valence-corrected chi connectivity index (χ0v) is 12.4. The maximum atomic E-state index is 12.0. The van der Waals surface area contributed by atoms with Crippen LogP contribution in [0, 0.1) is 0 Å². The van der Waals surface area contributed by atoms with Crippen LogP contribution >= 0.6 is 0 Å². The number of anilines is 1. The van der Waals surface area contributed by atoms with E-state index in [2.05, 4.69) is 35.9 Å². The standard InChI is InChI=1S/C16H25N3O/c1-3-11-17-12(2)14-9-4-5-10-15(14)19-16(20)18-13-7-6-8-13/h4-5,9-10,12-13,17H,3,6-8,11H2,1-2H3,(H2,18,19,20). The van der Waals surface area contributed by atoms with E-state index in [1.807, 2.05) is 18.2 Å². The average molecular weight is 275 g/mol. The van der Waals surface area contributed by atoms with Gasteiger partial charge in [0.05, 0.1) is 0 Å². The first-order valence-corrected chi connectivity index (χ1v) is 7.60. The second-order valence-electron chi connectivity index (χ2n) is 5.49. The van der Waals surface area contributed by atoms with Gasteiger partial charge in [-0.3, -0.25) is 0 Å². The maximum Gasteiger partial charge on any atom is 0.319 e. The van der Waals surface area contributed by atoms with E-state index in [1.165, 1.54) is 6.42 Å². The second-order valence-corrected chi connectivity index (χ2v) is 5.49. The molecule has 0 radical (unpaired) electrons. The number of para-hydroxylation sites is 1. The molecule has 2 rings (SSSR count). The predicted molar refractivity (Wildman–Crippen MR) is 82.9 cm³/mol. The van der Waals surface area contributed by atoms with E-state index in [4.69, 9.17) is 0 Å². The molecule has 1 unspecified atom stereocenters. The van der Waals surface area contributed by atoms with Gasteiger partial charge in [0.2, 0.25) is 0 Å². The second kappa shape index (κ2) is 7.29. The molecule has 1 aromatic rings. The molecule has 3 N–H and O–H groups in total. The van der Waals surface area contributed by atoms with Crippen molar-refractivity contribution < 1.29 is 4.79 Å². The van der Waals surface area contributed by atoms with Crippen LogP contribution in [0.1, 0.15) is 51.1 Å². The summed E-state index contributed by atoms with van der Waals surface area (Å²) in [7, 11) is 0. The zero-order valence-electron chi connectivity index (χ0n) is 12.4. The van der Waals surface area contributed by atoms with Gasteiger partial charge in [-0.2, -0.15) is 0 Å². The predicted octanol–water partition coefficient (Wildman–Crippen LogP) is 3.42. The number of rotatable bonds is 6. The van der Waals surface area contributed by atoms with Gasteiger partial charge >= 0.3 is 6.03 Å². The number of carbonyl (C=O) groups is 1. The van der Waals surface area contributed by atoms with Gasteiger partial charge in [-0.05, 0) is 50.8 Å². The summed E-state index contributed by atoms with van der Waals surface area (Å²) in [5, 5.41) is 9.43. The highest BCUT2D eigenvalue weighted by Gasteiger charge is 2.20. The monoisotopic (exact) mass is 275 g/mol. The molecule has 0 saturated heterocycles. The Bertz CT molecular complexity index is 443. The van der Waals surface area contributed by atoms with Crippen LogP contribution in [0.3, 0.4) is 0 Å². The van der Waals surface area contributed by atoms with Crippen molar-refractivity contribution in [3.63, 3.8) is 0 Å². The third-order valence-electron chi connectivity index (χ3n) is 3.82. The molecule has 20 heavy (non-hydrogen) atoms. The Kier molecular flexibility index (Phi) is 5.41. The van der Waals surface area contributed by atoms with Crippen LogP contribution in [0.2, 0.25) is 0 Å². The lowest BCUT2D eigenvalue weighted by atomic mass is 9.93. The first kappa shape index (κ1) is 14.9. The molecule has 0 heterocycles. The quantitative estimate of drug-likeness (QED) is 0.745. The molecule has 0 spiro atoms. The largest absolute Gasteiger partial charge is 0.335 e. The van der Waals surface area contributed by atoms with Gasteiger partial charge in [0.15, 0.2) is 0 Å². The minimum atomic E-state index is -0.0927. The molecule has 2 amide bonds. The summed E-state index contributed by atoms with van der Waals surface area (Å²) < 4.78 is 0. The smallest absolute Gasteiger partial charge is 0.319 e. The molecule has 4 nitrogen and oxygen atoms in total. The minimum absolute atomic E-state index is 0.0927. The first-order chi connectivity index (χ1) is 9.70. The van der Waals surface area contributed by atoms with Crippen molar-refractivity contribution >= 4 is 11.7 Å². The number of hydrogen-bond donors (Lipinski definition) is 3. The summed E-state index contributed by atoms with van der Waals surface area (Å²) in [5.74, 6) is 0. The SMILES string of the molecule is CCCNC(C)c1ccccc1NC(=O)NC1CCC1. The molecule has 1 aromatic carbocycles. The number of urea groups is 1. The summed E-state index contributed by atoms with van der Waals surface area (Å²) >= 11 is 0. The van der Waals surface area contributed by atoms with Gasteiger partial charge in [0.1, 0.15) is 0 Å². The molecule has 1 aliphatic rings. The van der Waals surface area contributed by atoms with Crippen LogP contribution in [0.15, 0.2) is 24.3 Å². The van der Waals surface area contributed by atoms with Crippen LogP contribution in [-0.2, 0) is 0 Å². The molecule has 4 heteroatoms. The fourth-order valence-corrected chi connectivity index (χ4v) is 2.36. The van der Waals surface area contributed by atoms with Gasteiger partial charge in [0.25, 0.3) is 0 Å². The lowest BCUT2D eigenvalue weighted by Gasteiger charge is -2.27. The van der Waals surface area contributed by atoms with Gasteiger partial charge < -0.3 is 16.0 Å². The van der Waals surface area contributed by atoms with Crippen molar-refractivity contribution in [3.05, 3.63) is 29.8 Å². The number of amides is 2. The molecule has 1 aliphatic carbocycles. The van der Waals surface area contributed by atoms with Crippen molar-refractivity contribution in [2.75, 3.05) is 11.9 Å². The summed E-state index contributed by atoms with van der Waals surface area (Å²) in [6.45, 7) is 5.25. The fourth-order valence-electron chi connectivity index (χ4n) is 2.36. The van der Waals surface area contributed by atoms with Crippen LogP contribution in [0.25, 0.3) is 0 Å². The summed E-state index contributed by atoms with van der Waals surface area (Å²) in [6.07, 6.45) is 4.52. The van der Waals surface area contributed by atoms with Crippen molar-refractivity contribution in [2.45, 2.75) is 51.6 Å². The highest BCUT2D eigenvalue weighted by Crippen LogP contribution is 2.23. The molecule has 110 valence electrons. The van der Waals surface area contributed by atoms with Gasteiger partial charge in [0, 0.05) is 17.8 Å².